The van der Waals surface area contributed by atoms with Gasteiger partial charge in [0.1, 0.15) is 12.1 Å². The first-order valence-electron chi connectivity index (χ1n) is 4.89. The molecule has 3 heteroatoms. The van der Waals surface area contributed by atoms with E-state index in [1.165, 1.54) is 12.1 Å². The lowest BCUT2D eigenvalue weighted by atomic mass is 10.0. The molecule has 16 heavy (non-hydrogen) atoms. The highest BCUT2D eigenvalue weighted by Crippen LogP contribution is 2.22. The molecule has 2 aromatic rings. The molecule has 0 saturated heterocycles. The van der Waals surface area contributed by atoms with E-state index >= 15 is 0 Å². The second kappa shape index (κ2) is 4.23. The van der Waals surface area contributed by atoms with Gasteiger partial charge in [0.15, 0.2) is 0 Å². The maximum absolute atomic E-state index is 12.8. The second-order valence-corrected chi connectivity index (χ2v) is 3.50. The van der Waals surface area contributed by atoms with Gasteiger partial charge >= 0.3 is 0 Å². The SMILES string of the molecule is Cc1c(C=O)ccnc1-c1ccc(F)cc1. The molecule has 1 aromatic carbocycles. The first kappa shape index (κ1) is 10.5. The fourth-order valence-electron chi connectivity index (χ4n) is 1.58. The molecule has 0 amide bonds. The van der Waals surface area contributed by atoms with E-state index in [2.05, 4.69) is 4.98 Å². The molecule has 0 N–H and O–H groups in total. The van der Waals surface area contributed by atoms with Crippen LogP contribution in [0.4, 0.5) is 4.39 Å². The molecular formula is C13H10FNO. The summed E-state index contributed by atoms with van der Waals surface area (Å²) in [7, 11) is 0. The van der Waals surface area contributed by atoms with E-state index in [4.69, 9.17) is 0 Å². The summed E-state index contributed by atoms with van der Waals surface area (Å²) in [5.41, 5.74) is 2.94. The van der Waals surface area contributed by atoms with Gasteiger partial charge < -0.3 is 0 Å². The van der Waals surface area contributed by atoms with Crippen molar-refractivity contribution in [2.75, 3.05) is 0 Å². The fraction of sp³-hybridized carbons (Fsp3) is 0.0769. The average Bonchev–Trinajstić information content (AvgIpc) is 2.31. The molecule has 0 fully saturated rings. The Morgan fingerprint density at radius 2 is 1.88 bits per heavy atom. The number of benzene rings is 1. The van der Waals surface area contributed by atoms with Crippen LogP contribution < -0.4 is 0 Å². The summed E-state index contributed by atoms with van der Waals surface area (Å²) >= 11 is 0. The van der Waals surface area contributed by atoms with E-state index in [9.17, 15) is 9.18 Å². The summed E-state index contributed by atoms with van der Waals surface area (Å²) in [6, 6.07) is 7.72. The third-order valence-electron chi connectivity index (χ3n) is 2.49. The molecule has 0 aliphatic rings. The van der Waals surface area contributed by atoms with Crippen molar-refractivity contribution in [2.24, 2.45) is 0 Å². The predicted octanol–water partition coefficient (Wildman–Crippen LogP) is 3.01. The molecule has 0 spiro atoms. The van der Waals surface area contributed by atoms with Crippen molar-refractivity contribution in [3.63, 3.8) is 0 Å². The molecule has 0 aliphatic heterocycles. The van der Waals surface area contributed by atoms with Crippen LogP contribution in [0.1, 0.15) is 15.9 Å². The zero-order chi connectivity index (χ0) is 11.5. The minimum atomic E-state index is -0.284. The topological polar surface area (TPSA) is 30.0 Å². The highest BCUT2D eigenvalue weighted by atomic mass is 19.1. The van der Waals surface area contributed by atoms with Gasteiger partial charge in [0.05, 0.1) is 5.69 Å². The normalized spacial score (nSPS) is 10.1. The smallest absolute Gasteiger partial charge is 0.150 e. The first-order chi connectivity index (χ1) is 7.72. The van der Waals surface area contributed by atoms with Crippen molar-refractivity contribution in [2.45, 2.75) is 6.92 Å². The molecule has 0 radical (unpaired) electrons. The quantitative estimate of drug-likeness (QED) is 0.721. The molecule has 1 aromatic heterocycles. The zero-order valence-electron chi connectivity index (χ0n) is 8.77. The van der Waals surface area contributed by atoms with Crippen LogP contribution >= 0.6 is 0 Å². The van der Waals surface area contributed by atoms with Crippen LogP contribution in [-0.2, 0) is 0 Å². The summed E-state index contributed by atoms with van der Waals surface area (Å²) in [5, 5.41) is 0. The number of pyridine rings is 1. The fourth-order valence-corrected chi connectivity index (χ4v) is 1.58. The largest absolute Gasteiger partial charge is 0.298 e. The number of halogens is 1. The Hall–Kier alpha value is -2.03. The maximum atomic E-state index is 12.8. The van der Waals surface area contributed by atoms with Gasteiger partial charge in [-0.2, -0.15) is 0 Å². The van der Waals surface area contributed by atoms with Crippen molar-refractivity contribution >= 4 is 6.29 Å². The Bertz CT molecular complexity index is 520. The summed E-state index contributed by atoms with van der Waals surface area (Å²) in [4.78, 5) is 15.0. The predicted molar refractivity (Wildman–Crippen MR) is 59.8 cm³/mol. The number of nitrogens with zero attached hydrogens (tertiary/aromatic N) is 1. The molecule has 2 nitrogen and oxygen atoms in total. The van der Waals surface area contributed by atoms with Gasteiger partial charge in [-0.1, -0.05) is 0 Å². The summed E-state index contributed by atoms with van der Waals surface area (Å²) < 4.78 is 12.8. The molecule has 0 unspecified atom stereocenters. The Morgan fingerprint density at radius 3 is 2.50 bits per heavy atom. The van der Waals surface area contributed by atoms with Crippen LogP contribution in [0.25, 0.3) is 11.3 Å². The number of rotatable bonds is 2. The number of aldehydes is 1. The average molecular weight is 215 g/mol. The Kier molecular flexibility index (Phi) is 2.77. The number of hydrogen-bond donors (Lipinski definition) is 0. The van der Waals surface area contributed by atoms with Crippen LogP contribution in [0.5, 0.6) is 0 Å². The number of carbonyl (C=O) groups excluding carboxylic acids is 1. The third-order valence-corrected chi connectivity index (χ3v) is 2.49. The van der Waals surface area contributed by atoms with Gasteiger partial charge in [0, 0.05) is 17.3 Å². The van der Waals surface area contributed by atoms with E-state index in [1.54, 1.807) is 24.4 Å². The van der Waals surface area contributed by atoms with Gasteiger partial charge in [-0.3, -0.25) is 9.78 Å². The third kappa shape index (κ3) is 1.84. The van der Waals surface area contributed by atoms with Gasteiger partial charge in [-0.15, -0.1) is 0 Å². The standard InChI is InChI=1S/C13H10FNO/c1-9-11(8-16)6-7-15-13(9)10-2-4-12(14)5-3-10/h2-8H,1H3. The lowest BCUT2D eigenvalue weighted by molar-refractivity contribution is 0.112. The Morgan fingerprint density at radius 1 is 1.19 bits per heavy atom. The number of hydrogen-bond acceptors (Lipinski definition) is 2. The summed E-state index contributed by atoms with van der Waals surface area (Å²) in [5.74, 6) is -0.284. The Balaban J connectivity index is 2.56. The molecule has 1 heterocycles. The second-order valence-electron chi connectivity index (χ2n) is 3.50. The summed E-state index contributed by atoms with van der Waals surface area (Å²) in [6.45, 7) is 1.83. The highest BCUT2D eigenvalue weighted by Gasteiger charge is 2.06. The van der Waals surface area contributed by atoms with Crippen LogP contribution in [-0.4, -0.2) is 11.3 Å². The van der Waals surface area contributed by atoms with Gasteiger partial charge in [0.25, 0.3) is 0 Å². The number of aromatic nitrogens is 1. The minimum Gasteiger partial charge on any atom is -0.298 e. The van der Waals surface area contributed by atoms with E-state index < -0.39 is 0 Å². The van der Waals surface area contributed by atoms with Crippen molar-refractivity contribution in [3.05, 3.63) is 53.5 Å². The number of carbonyl (C=O) groups is 1. The van der Waals surface area contributed by atoms with Gasteiger partial charge in [-0.25, -0.2) is 4.39 Å². The molecule has 2 rings (SSSR count). The maximum Gasteiger partial charge on any atom is 0.150 e. The van der Waals surface area contributed by atoms with Crippen molar-refractivity contribution in [1.82, 2.24) is 4.98 Å². The van der Waals surface area contributed by atoms with Gasteiger partial charge in [0.2, 0.25) is 0 Å². The molecular weight excluding hydrogens is 205 g/mol. The highest BCUT2D eigenvalue weighted by molar-refractivity contribution is 5.81. The van der Waals surface area contributed by atoms with E-state index in [-0.39, 0.29) is 5.82 Å². The lowest BCUT2D eigenvalue weighted by Crippen LogP contribution is -1.93. The van der Waals surface area contributed by atoms with Crippen LogP contribution in [0, 0.1) is 12.7 Å². The Labute approximate surface area is 92.8 Å². The zero-order valence-corrected chi connectivity index (χ0v) is 8.77. The molecule has 0 bridgehead atoms. The molecule has 0 atom stereocenters. The first-order valence-corrected chi connectivity index (χ1v) is 4.89. The van der Waals surface area contributed by atoms with Crippen LogP contribution in [0.3, 0.4) is 0 Å². The van der Waals surface area contributed by atoms with Gasteiger partial charge in [-0.05, 0) is 42.8 Å². The van der Waals surface area contributed by atoms with Crippen LogP contribution in [0.15, 0.2) is 36.5 Å². The van der Waals surface area contributed by atoms with E-state index in [0.29, 0.717) is 11.3 Å². The molecule has 0 aliphatic carbocycles. The van der Waals surface area contributed by atoms with Crippen LogP contribution in [0.2, 0.25) is 0 Å². The van der Waals surface area contributed by atoms with Crippen molar-refractivity contribution < 1.29 is 9.18 Å². The minimum absolute atomic E-state index is 0.284. The van der Waals surface area contributed by atoms with E-state index in [1.807, 2.05) is 6.92 Å². The molecule has 0 saturated carbocycles. The monoisotopic (exact) mass is 215 g/mol. The van der Waals surface area contributed by atoms with E-state index in [0.717, 1.165) is 17.4 Å². The van der Waals surface area contributed by atoms with Crippen molar-refractivity contribution in [1.29, 1.82) is 0 Å². The lowest BCUT2D eigenvalue weighted by Gasteiger charge is -2.06. The van der Waals surface area contributed by atoms with Crippen molar-refractivity contribution in [3.8, 4) is 11.3 Å². The molecule has 80 valence electrons. The summed E-state index contributed by atoms with van der Waals surface area (Å²) in [6.07, 6.45) is 2.37.